The van der Waals surface area contributed by atoms with Gasteiger partial charge in [-0.3, -0.25) is 14.3 Å². The van der Waals surface area contributed by atoms with E-state index in [1.54, 1.807) is 25.3 Å². The Morgan fingerprint density at radius 2 is 1.84 bits per heavy atom. The van der Waals surface area contributed by atoms with Crippen molar-refractivity contribution < 1.29 is 49.1 Å². The Morgan fingerprint density at radius 1 is 1.05 bits per heavy atom. The molecule has 55 heavy (non-hydrogen) atoms. The molecule has 1 aromatic heterocycles. The van der Waals surface area contributed by atoms with Gasteiger partial charge in [0, 0.05) is 43.3 Å². The predicted octanol–water partition coefficient (Wildman–Crippen LogP) is 5.26. The van der Waals surface area contributed by atoms with Gasteiger partial charge in [0.15, 0.2) is 17.2 Å². The molecule has 294 valence electrons. The number of nitrogens with zero attached hydrogens (tertiary/aromatic N) is 4. The zero-order valence-corrected chi connectivity index (χ0v) is 33.5. The number of hydrogen-bond donors (Lipinski definition) is 1. The average molecular weight is 795 g/mol. The molecule has 7 rings (SSSR count). The van der Waals surface area contributed by atoms with Crippen molar-refractivity contribution in [3.05, 3.63) is 75.8 Å². The molecule has 15 heteroatoms. The van der Waals surface area contributed by atoms with Gasteiger partial charge in [0.25, 0.3) is 11.8 Å². The van der Waals surface area contributed by atoms with E-state index in [0.29, 0.717) is 37.2 Å². The monoisotopic (exact) mass is 794 g/mol. The maximum absolute atomic E-state index is 14.8. The lowest BCUT2D eigenvalue weighted by molar-refractivity contribution is -0.289. The second kappa shape index (κ2) is 16.0. The molecule has 0 radical (unpaired) electrons. The quantitative estimate of drug-likeness (QED) is 0.326. The molecule has 2 aliphatic carbocycles. The first-order valence-corrected chi connectivity index (χ1v) is 20.7. The van der Waals surface area contributed by atoms with Gasteiger partial charge >= 0.3 is 6.01 Å². The summed E-state index contributed by atoms with van der Waals surface area (Å²) in [5.74, 6) is -0.967. The van der Waals surface area contributed by atoms with Crippen LogP contribution in [0.1, 0.15) is 70.9 Å². The molecule has 1 spiro atoms. The van der Waals surface area contributed by atoms with Crippen LogP contribution in [0.15, 0.2) is 52.9 Å². The van der Waals surface area contributed by atoms with E-state index in [0.717, 1.165) is 49.4 Å². The Morgan fingerprint density at radius 3 is 2.53 bits per heavy atom. The highest BCUT2D eigenvalue weighted by Gasteiger charge is 2.44. The van der Waals surface area contributed by atoms with E-state index < -0.39 is 21.7 Å². The van der Waals surface area contributed by atoms with Crippen molar-refractivity contribution in [3.63, 3.8) is 0 Å². The molecular weight excluding hydrogens is 746 g/mol. The molecule has 0 saturated heterocycles. The van der Waals surface area contributed by atoms with Crippen LogP contribution in [-0.4, -0.2) is 86.0 Å². The molecule has 3 heterocycles. The van der Waals surface area contributed by atoms with Crippen molar-refractivity contribution in [2.75, 3.05) is 58.8 Å². The number of hydrogen-bond acceptors (Lipinski definition) is 11. The molecule has 1 saturated carbocycles. The minimum Gasteiger partial charge on any atom is -0.490 e. The van der Waals surface area contributed by atoms with Crippen LogP contribution < -0.4 is 28.6 Å². The van der Waals surface area contributed by atoms with E-state index in [-0.39, 0.29) is 52.1 Å². The van der Waals surface area contributed by atoms with E-state index in [9.17, 15) is 13.8 Å². The average Bonchev–Trinajstić information content (AvgIpc) is 3.31. The van der Waals surface area contributed by atoms with Crippen molar-refractivity contribution in [2.45, 2.75) is 57.0 Å². The van der Waals surface area contributed by atoms with Crippen molar-refractivity contribution >= 4 is 27.4 Å². The number of halogens is 1. The molecule has 1 unspecified atom stereocenters. The zero-order chi connectivity index (χ0) is 38.9. The summed E-state index contributed by atoms with van der Waals surface area (Å²) in [6, 6.07) is 11.5. The Labute approximate surface area is 327 Å². The fourth-order valence-corrected chi connectivity index (χ4v) is 10.6. The normalized spacial score (nSPS) is 28.3. The Bertz CT molecular complexity index is 2100. The topological polar surface area (TPSA) is 151 Å². The first kappa shape index (κ1) is 38.9. The summed E-state index contributed by atoms with van der Waals surface area (Å²) in [6.07, 6.45) is 9.59. The van der Waals surface area contributed by atoms with Crippen LogP contribution in [0.4, 0.5) is 5.69 Å². The molecule has 1 N–H and O–H groups in total. The second-order valence-electron chi connectivity index (χ2n) is 15.0. The first-order chi connectivity index (χ1) is 26.5. The van der Waals surface area contributed by atoms with E-state index in [2.05, 4.69) is 42.2 Å². The van der Waals surface area contributed by atoms with Crippen molar-refractivity contribution in [1.82, 2.24) is 14.7 Å². The van der Waals surface area contributed by atoms with Gasteiger partial charge < -0.3 is 28.6 Å². The molecule has 13 nitrogen and oxygen atoms in total. The highest BCUT2D eigenvalue weighted by Crippen LogP contribution is 2.47. The Hall–Kier alpha value is -4.40. The fraction of sp³-hybridized carbons (Fsp3) is 0.500. The van der Waals surface area contributed by atoms with Gasteiger partial charge in [0.1, 0.15) is 15.7 Å². The summed E-state index contributed by atoms with van der Waals surface area (Å²) >= 11 is 5.55. The largest absolute Gasteiger partial charge is 0.490 e. The number of carbonyl (C=O) groups is 2. The molecule has 1 fully saturated rings. The Balaban J connectivity index is 1.31. The van der Waals surface area contributed by atoms with Crippen LogP contribution in [0.25, 0.3) is 0 Å². The van der Waals surface area contributed by atoms with Gasteiger partial charge in [-0.15, -0.1) is 4.36 Å². The Kier molecular flexibility index (Phi) is 11.3. The molecule has 2 aliphatic heterocycles. The molecule has 4 aliphatic rings. The third-order valence-corrected chi connectivity index (χ3v) is 13.6. The molecule has 3 aromatic rings. The predicted molar refractivity (Wildman–Crippen MR) is 205 cm³/mol. The lowest BCUT2D eigenvalue weighted by Gasteiger charge is -2.46. The summed E-state index contributed by atoms with van der Waals surface area (Å²) in [5.41, 5.74) is 3.04. The highest BCUT2D eigenvalue weighted by atomic mass is 35.5. The number of allylic oxidation sites excluding steroid dienone is 1. The van der Waals surface area contributed by atoms with Gasteiger partial charge in [-0.25, -0.2) is 4.21 Å². The molecule has 2 bridgehead atoms. The van der Waals surface area contributed by atoms with E-state index in [4.69, 9.17) is 35.3 Å². The number of rotatable bonds is 6. The van der Waals surface area contributed by atoms with Gasteiger partial charge in [-0.2, -0.15) is 9.97 Å². The summed E-state index contributed by atoms with van der Waals surface area (Å²) in [4.78, 5) is 38.7. The number of ether oxygens (including phenoxy) is 5. The molecule has 2 aromatic carbocycles. The minimum atomic E-state index is -3.75. The van der Waals surface area contributed by atoms with E-state index in [1.807, 2.05) is 19.1 Å². The maximum Gasteiger partial charge on any atom is 0.322 e. The van der Waals surface area contributed by atoms with Crippen LogP contribution >= 0.6 is 0 Å². The van der Waals surface area contributed by atoms with Gasteiger partial charge in [-0.1, -0.05) is 25.1 Å². The third-order valence-electron chi connectivity index (χ3n) is 11.4. The number of aromatic nitrogens is 2. The van der Waals surface area contributed by atoms with Crippen molar-refractivity contribution in [3.8, 4) is 23.5 Å². The smallest absolute Gasteiger partial charge is 0.322 e. The summed E-state index contributed by atoms with van der Waals surface area (Å²) in [5, 5.41) is 0.833. The number of carbonyl (C=O) groups excluding carboxylic acids is 2. The van der Waals surface area contributed by atoms with Crippen molar-refractivity contribution in [1.29, 1.82) is 0 Å². The van der Waals surface area contributed by atoms with E-state index in [1.165, 1.54) is 32.5 Å². The number of fused-ring (bicyclic) bond motifs is 4. The van der Waals surface area contributed by atoms with Crippen LogP contribution in [0, 0.1) is 29.4 Å². The molecular formula is C40H49ClN5O8S+. The summed E-state index contributed by atoms with van der Waals surface area (Å²) in [6.45, 7) is 3.82. The SMILES string of the molecule is COc1nc(OC)c(C(=O)NS2(=O)=NC(=O)c3ccc4c(c3)N(C[C@@H]3CC[C@H]3[C@@H](OC)/C=C/C[C@H](C)C2)C[C@@]2(CCCc3cc([ClH+])ccc32)CO4)c(OC)n1. The standard InChI is InChI=1S/C40H48ClN5O8S/c1-24-8-6-10-32(50-2)29-14-11-27(29)20-46-22-40(17-7-9-25-18-28(41)13-15-30(25)40)23-54-33-16-12-26(19-31(33)46)35(47)44-55(49,21-24)45-36(48)34-37(51-3)42-39(53-5)43-38(34)52-4/h6,10,12-13,15-16,18-19,24,27,29,32,41H,7-9,11,14,17,20-23H2,1-5H3/p+1/b10-6+/t24-,27-,29+,32-,40-,55?/m0/s1. The van der Waals surface area contributed by atoms with Crippen LogP contribution in [0.5, 0.6) is 23.5 Å². The van der Waals surface area contributed by atoms with Gasteiger partial charge in [0.05, 0.1) is 45.5 Å². The zero-order valence-electron chi connectivity index (χ0n) is 31.9. The van der Waals surface area contributed by atoms with E-state index >= 15 is 0 Å². The summed E-state index contributed by atoms with van der Waals surface area (Å²) in [7, 11) is 2.00. The fourth-order valence-electron chi connectivity index (χ4n) is 8.55. The first-order valence-electron chi connectivity index (χ1n) is 18.7. The lowest BCUT2D eigenvalue weighted by atomic mass is 9.68. The van der Waals surface area contributed by atoms with Crippen molar-refractivity contribution in [2.24, 2.45) is 22.1 Å². The van der Waals surface area contributed by atoms with Gasteiger partial charge in [0.2, 0.25) is 16.8 Å². The third kappa shape index (κ3) is 7.86. The molecule has 2 amide bonds. The lowest BCUT2D eigenvalue weighted by Crippen LogP contribution is -2.49. The van der Waals surface area contributed by atoms with Crippen LogP contribution in [-0.2, 0) is 26.5 Å². The minimum absolute atomic E-state index is 0.0903. The number of amides is 2. The second-order valence-corrected chi connectivity index (χ2v) is 17.5. The maximum atomic E-state index is 14.8. The highest BCUT2D eigenvalue weighted by molar-refractivity contribution is 7.92. The summed E-state index contributed by atoms with van der Waals surface area (Å²) < 4.78 is 50.2. The van der Waals surface area contributed by atoms with Crippen LogP contribution in [0.2, 0.25) is 5.02 Å². The van der Waals surface area contributed by atoms with Crippen LogP contribution in [0.3, 0.4) is 0 Å². The number of anilines is 1. The number of nitrogens with one attached hydrogen (secondary N) is 1. The van der Waals surface area contributed by atoms with Gasteiger partial charge in [-0.05, 0) is 85.6 Å². The number of benzene rings is 2. The number of aryl methyl sites for hydroxylation is 1. The number of methoxy groups -OCH3 is 4. The molecule has 6 atom stereocenters.